The summed E-state index contributed by atoms with van der Waals surface area (Å²) >= 11 is 0. The highest BCUT2D eigenvalue weighted by Gasteiger charge is 2.38. The first-order valence-electron chi connectivity index (χ1n) is 9.61. The van der Waals surface area contributed by atoms with Crippen LogP contribution in [-0.4, -0.2) is 4.57 Å². The number of hydrogen-bond donors (Lipinski definition) is 0. The molecule has 25 heavy (non-hydrogen) atoms. The highest BCUT2D eigenvalue weighted by atomic mass is 15.0. The molecule has 0 atom stereocenters. The SMILES string of the molecule is CC1(C)CCC(C)(C)c2cc3c(cc21)c1ccccc1n3C(C)(C)C. The Bertz CT molecular complexity index is 977. The normalized spacial score (nSPS) is 19.3. The Hall–Kier alpha value is -1.76. The molecule has 0 unspecified atom stereocenters. The van der Waals surface area contributed by atoms with Crippen LogP contribution in [0, 0.1) is 0 Å². The van der Waals surface area contributed by atoms with E-state index in [-0.39, 0.29) is 16.4 Å². The van der Waals surface area contributed by atoms with E-state index < -0.39 is 0 Å². The van der Waals surface area contributed by atoms with Crippen molar-refractivity contribution in [2.24, 2.45) is 0 Å². The van der Waals surface area contributed by atoms with Crippen LogP contribution in [0.3, 0.4) is 0 Å². The van der Waals surface area contributed by atoms with Crippen molar-refractivity contribution in [1.29, 1.82) is 0 Å². The van der Waals surface area contributed by atoms with Gasteiger partial charge in [0.15, 0.2) is 0 Å². The number of aromatic nitrogens is 1. The number of rotatable bonds is 0. The van der Waals surface area contributed by atoms with E-state index in [4.69, 9.17) is 0 Å². The molecule has 2 aromatic carbocycles. The molecular formula is C24H31N. The largest absolute Gasteiger partial charge is 0.335 e. The summed E-state index contributed by atoms with van der Waals surface area (Å²) in [6.45, 7) is 16.6. The van der Waals surface area contributed by atoms with Gasteiger partial charge in [0.05, 0.1) is 0 Å². The van der Waals surface area contributed by atoms with Gasteiger partial charge in [-0.15, -0.1) is 0 Å². The standard InChI is InChI=1S/C24H31N/c1-22(2,3)25-20-11-9-8-10-16(20)17-14-18-19(15-21(17)25)24(6,7)13-12-23(18,4)5/h8-11,14-15H,12-13H2,1-7H3. The molecule has 0 bridgehead atoms. The van der Waals surface area contributed by atoms with E-state index in [9.17, 15) is 0 Å². The Balaban J connectivity index is 2.21. The van der Waals surface area contributed by atoms with Gasteiger partial charge in [-0.1, -0.05) is 45.9 Å². The Morgan fingerprint density at radius 1 is 0.760 bits per heavy atom. The quantitative estimate of drug-likeness (QED) is 0.422. The third-order valence-electron chi connectivity index (χ3n) is 6.32. The Kier molecular flexibility index (Phi) is 3.27. The molecule has 0 spiro atoms. The van der Waals surface area contributed by atoms with Crippen LogP contribution in [0.15, 0.2) is 36.4 Å². The first kappa shape index (κ1) is 16.7. The molecule has 1 aliphatic carbocycles. The van der Waals surface area contributed by atoms with E-state index in [0.29, 0.717) is 0 Å². The van der Waals surface area contributed by atoms with Crippen LogP contribution in [0.2, 0.25) is 0 Å². The monoisotopic (exact) mass is 333 g/mol. The molecule has 0 fully saturated rings. The third-order valence-corrected chi connectivity index (χ3v) is 6.32. The van der Waals surface area contributed by atoms with E-state index in [0.717, 1.165) is 0 Å². The fraction of sp³-hybridized carbons (Fsp3) is 0.500. The molecule has 1 aliphatic rings. The molecular weight excluding hydrogens is 302 g/mol. The number of benzene rings is 2. The van der Waals surface area contributed by atoms with Crippen molar-refractivity contribution in [3.8, 4) is 0 Å². The van der Waals surface area contributed by atoms with Crippen LogP contribution in [0.5, 0.6) is 0 Å². The van der Waals surface area contributed by atoms with Gasteiger partial charge >= 0.3 is 0 Å². The summed E-state index contributed by atoms with van der Waals surface area (Å²) in [7, 11) is 0. The zero-order valence-corrected chi connectivity index (χ0v) is 16.8. The minimum Gasteiger partial charge on any atom is -0.335 e. The predicted octanol–water partition coefficient (Wildman–Crippen LogP) is 6.90. The van der Waals surface area contributed by atoms with Gasteiger partial charge in [0.25, 0.3) is 0 Å². The molecule has 132 valence electrons. The van der Waals surface area contributed by atoms with E-state index in [1.807, 2.05) is 0 Å². The van der Waals surface area contributed by atoms with Crippen molar-refractivity contribution in [2.45, 2.75) is 77.7 Å². The summed E-state index contributed by atoms with van der Waals surface area (Å²) in [5.74, 6) is 0. The Morgan fingerprint density at radius 3 is 1.92 bits per heavy atom. The molecule has 1 heteroatoms. The second kappa shape index (κ2) is 4.90. The molecule has 0 N–H and O–H groups in total. The lowest BCUT2D eigenvalue weighted by atomic mass is 9.63. The summed E-state index contributed by atoms with van der Waals surface area (Å²) in [6, 6.07) is 13.9. The maximum Gasteiger partial charge on any atom is 0.0499 e. The van der Waals surface area contributed by atoms with Gasteiger partial charge in [0.2, 0.25) is 0 Å². The minimum atomic E-state index is 0.0594. The molecule has 0 amide bonds. The second-order valence-electron chi connectivity index (χ2n) is 10.2. The topological polar surface area (TPSA) is 4.93 Å². The lowest BCUT2D eigenvalue weighted by Crippen LogP contribution is -2.34. The fourth-order valence-corrected chi connectivity index (χ4v) is 4.75. The lowest BCUT2D eigenvalue weighted by molar-refractivity contribution is 0.332. The molecule has 0 saturated carbocycles. The molecule has 0 saturated heterocycles. The van der Waals surface area contributed by atoms with Gasteiger partial charge in [0.1, 0.15) is 0 Å². The van der Waals surface area contributed by atoms with Gasteiger partial charge in [-0.05, 0) is 73.8 Å². The molecule has 1 aromatic heterocycles. The van der Waals surface area contributed by atoms with Crippen LogP contribution in [-0.2, 0) is 16.4 Å². The Morgan fingerprint density at radius 2 is 1.32 bits per heavy atom. The van der Waals surface area contributed by atoms with Gasteiger partial charge in [-0.25, -0.2) is 0 Å². The van der Waals surface area contributed by atoms with Crippen LogP contribution >= 0.6 is 0 Å². The van der Waals surface area contributed by atoms with E-state index >= 15 is 0 Å². The molecule has 4 rings (SSSR count). The lowest BCUT2D eigenvalue weighted by Gasteiger charge is -2.42. The summed E-state index contributed by atoms with van der Waals surface area (Å²) in [4.78, 5) is 0. The Labute approximate surface area is 152 Å². The van der Waals surface area contributed by atoms with E-state index in [1.54, 1.807) is 11.1 Å². The zero-order valence-electron chi connectivity index (χ0n) is 16.8. The van der Waals surface area contributed by atoms with Crippen LogP contribution in [0.1, 0.15) is 72.4 Å². The third kappa shape index (κ3) is 2.35. The van der Waals surface area contributed by atoms with Gasteiger partial charge < -0.3 is 4.57 Å². The van der Waals surface area contributed by atoms with Gasteiger partial charge in [-0.3, -0.25) is 0 Å². The van der Waals surface area contributed by atoms with Crippen LogP contribution < -0.4 is 0 Å². The number of nitrogens with zero attached hydrogens (tertiary/aromatic N) is 1. The van der Waals surface area contributed by atoms with Crippen molar-refractivity contribution >= 4 is 21.8 Å². The second-order valence-corrected chi connectivity index (χ2v) is 10.2. The first-order chi connectivity index (χ1) is 11.5. The van der Waals surface area contributed by atoms with Crippen LogP contribution in [0.4, 0.5) is 0 Å². The first-order valence-corrected chi connectivity index (χ1v) is 9.61. The molecule has 0 aliphatic heterocycles. The van der Waals surface area contributed by atoms with Crippen molar-refractivity contribution in [2.75, 3.05) is 0 Å². The average molecular weight is 334 g/mol. The number of hydrogen-bond acceptors (Lipinski definition) is 0. The minimum absolute atomic E-state index is 0.0594. The number of para-hydroxylation sites is 1. The molecule has 3 aromatic rings. The smallest absolute Gasteiger partial charge is 0.0499 e. The highest BCUT2D eigenvalue weighted by molar-refractivity contribution is 6.09. The summed E-state index contributed by atoms with van der Waals surface area (Å²) < 4.78 is 2.54. The van der Waals surface area contributed by atoms with Gasteiger partial charge in [0, 0.05) is 27.3 Å². The summed E-state index contributed by atoms with van der Waals surface area (Å²) in [5, 5.41) is 2.80. The van der Waals surface area contributed by atoms with Gasteiger partial charge in [-0.2, -0.15) is 0 Å². The summed E-state index contributed by atoms with van der Waals surface area (Å²) in [6.07, 6.45) is 2.52. The average Bonchev–Trinajstić information content (AvgIpc) is 2.84. The van der Waals surface area contributed by atoms with E-state index in [2.05, 4.69) is 89.4 Å². The maximum absolute atomic E-state index is 2.54. The maximum atomic E-state index is 2.54. The molecule has 0 radical (unpaired) electrons. The highest BCUT2D eigenvalue weighted by Crippen LogP contribution is 2.48. The van der Waals surface area contributed by atoms with Crippen molar-refractivity contribution < 1.29 is 0 Å². The predicted molar refractivity (Wildman–Crippen MR) is 110 cm³/mol. The molecule has 1 nitrogen and oxygen atoms in total. The summed E-state index contributed by atoms with van der Waals surface area (Å²) in [5.41, 5.74) is 6.39. The molecule has 1 heterocycles. The zero-order chi connectivity index (χ0) is 18.2. The van der Waals surface area contributed by atoms with Crippen molar-refractivity contribution in [3.05, 3.63) is 47.5 Å². The fourth-order valence-electron chi connectivity index (χ4n) is 4.75. The number of fused-ring (bicyclic) bond motifs is 4. The van der Waals surface area contributed by atoms with Crippen molar-refractivity contribution in [1.82, 2.24) is 4.57 Å². The van der Waals surface area contributed by atoms with Crippen molar-refractivity contribution in [3.63, 3.8) is 0 Å². The van der Waals surface area contributed by atoms with E-state index in [1.165, 1.54) is 34.6 Å². The van der Waals surface area contributed by atoms with Crippen LogP contribution in [0.25, 0.3) is 21.8 Å².